The summed E-state index contributed by atoms with van der Waals surface area (Å²) in [5.41, 5.74) is 0.840. The van der Waals surface area contributed by atoms with E-state index in [2.05, 4.69) is 22.1 Å². The van der Waals surface area contributed by atoms with Gasteiger partial charge in [-0.25, -0.2) is 0 Å². The van der Waals surface area contributed by atoms with Crippen molar-refractivity contribution < 1.29 is 14.7 Å². The second-order valence-corrected chi connectivity index (χ2v) is 8.77. The first-order valence-electron chi connectivity index (χ1n) is 10.4. The number of carbonyl (C=O) groups is 2. The lowest BCUT2D eigenvalue weighted by Crippen LogP contribution is -2.52. The molecule has 7 nitrogen and oxygen atoms in total. The van der Waals surface area contributed by atoms with Crippen molar-refractivity contribution in [2.45, 2.75) is 63.8 Å². The summed E-state index contributed by atoms with van der Waals surface area (Å²) in [5, 5.41) is 13.2. The van der Waals surface area contributed by atoms with Gasteiger partial charge in [-0.3, -0.25) is 19.5 Å². The van der Waals surface area contributed by atoms with Gasteiger partial charge in [0, 0.05) is 50.0 Å². The first kappa shape index (κ1) is 19.3. The van der Waals surface area contributed by atoms with Gasteiger partial charge in [0.25, 0.3) is 0 Å². The van der Waals surface area contributed by atoms with Crippen molar-refractivity contribution in [3.63, 3.8) is 0 Å². The van der Waals surface area contributed by atoms with Gasteiger partial charge in [-0.15, -0.1) is 0 Å². The molecule has 2 N–H and O–H groups in total. The molecule has 3 aliphatic rings. The Hall–Kier alpha value is -1.99. The number of aromatic nitrogens is 1. The van der Waals surface area contributed by atoms with E-state index in [1.807, 2.05) is 17.0 Å². The molecule has 28 heavy (non-hydrogen) atoms. The van der Waals surface area contributed by atoms with E-state index in [1.54, 1.807) is 12.4 Å². The molecule has 0 aromatic carbocycles. The number of pyridine rings is 1. The van der Waals surface area contributed by atoms with Gasteiger partial charge in [-0.1, -0.05) is 13.0 Å². The minimum Gasteiger partial charge on any atom is -0.392 e. The van der Waals surface area contributed by atoms with Gasteiger partial charge in [0.2, 0.25) is 11.8 Å². The lowest BCUT2D eigenvalue weighted by atomic mass is 9.99. The lowest BCUT2D eigenvalue weighted by molar-refractivity contribution is -0.138. The summed E-state index contributed by atoms with van der Waals surface area (Å²) in [6, 6.07) is 3.72. The molecule has 2 aliphatic heterocycles. The summed E-state index contributed by atoms with van der Waals surface area (Å²) < 4.78 is 0. The third-order valence-corrected chi connectivity index (χ3v) is 6.55. The molecule has 2 saturated heterocycles. The number of rotatable bonds is 5. The number of aliphatic hydroxyl groups is 1. The molecule has 1 aliphatic carbocycles. The summed E-state index contributed by atoms with van der Waals surface area (Å²) in [7, 11) is 0. The van der Waals surface area contributed by atoms with Crippen molar-refractivity contribution in [3.05, 3.63) is 30.1 Å². The zero-order valence-corrected chi connectivity index (χ0v) is 16.5. The monoisotopic (exact) mass is 386 g/mol. The van der Waals surface area contributed by atoms with Crippen LogP contribution in [0.4, 0.5) is 0 Å². The average Bonchev–Trinajstić information content (AvgIpc) is 3.35. The van der Waals surface area contributed by atoms with E-state index in [0.717, 1.165) is 44.3 Å². The van der Waals surface area contributed by atoms with Crippen LogP contribution in [0.3, 0.4) is 0 Å². The van der Waals surface area contributed by atoms with Crippen LogP contribution in [0.5, 0.6) is 0 Å². The quantitative estimate of drug-likeness (QED) is 0.786. The van der Waals surface area contributed by atoms with Crippen molar-refractivity contribution in [2.24, 2.45) is 5.41 Å². The largest absolute Gasteiger partial charge is 0.392 e. The molecule has 0 unspecified atom stereocenters. The van der Waals surface area contributed by atoms with E-state index >= 15 is 0 Å². The number of hydrogen-bond donors (Lipinski definition) is 2. The molecule has 4 rings (SSSR count). The Kier molecular flexibility index (Phi) is 5.38. The van der Waals surface area contributed by atoms with Gasteiger partial charge < -0.3 is 15.3 Å². The van der Waals surface area contributed by atoms with E-state index in [-0.39, 0.29) is 29.3 Å². The maximum absolute atomic E-state index is 12.8. The van der Waals surface area contributed by atoms with Crippen LogP contribution in [0.1, 0.15) is 44.6 Å². The summed E-state index contributed by atoms with van der Waals surface area (Å²) in [4.78, 5) is 33.6. The van der Waals surface area contributed by atoms with Gasteiger partial charge >= 0.3 is 0 Å². The Balaban J connectivity index is 1.33. The van der Waals surface area contributed by atoms with E-state index in [1.165, 1.54) is 0 Å². The van der Waals surface area contributed by atoms with Crippen molar-refractivity contribution in [2.75, 3.05) is 19.6 Å². The van der Waals surface area contributed by atoms with Crippen molar-refractivity contribution in [1.29, 1.82) is 0 Å². The summed E-state index contributed by atoms with van der Waals surface area (Å²) in [6.45, 7) is 4.52. The van der Waals surface area contributed by atoms with Gasteiger partial charge in [0.15, 0.2) is 0 Å². The smallest absolute Gasteiger partial charge is 0.237 e. The molecule has 2 amide bonds. The van der Waals surface area contributed by atoms with Gasteiger partial charge in [-0.2, -0.15) is 0 Å². The van der Waals surface area contributed by atoms with Crippen molar-refractivity contribution in [1.82, 2.24) is 20.1 Å². The summed E-state index contributed by atoms with van der Waals surface area (Å²) in [6.07, 6.45) is 7.18. The minimum atomic E-state index is -0.473. The van der Waals surface area contributed by atoms with Crippen LogP contribution in [0, 0.1) is 5.41 Å². The number of likely N-dealkylation sites (tertiary alicyclic amines) is 2. The molecule has 0 radical (unpaired) electrons. The number of nitrogens with zero attached hydrogens (tertiary/aromatic N) is 3. The minimum absolute atomic E-state index is 0.0376. The van der Waals surface area contributed by atoms with E-state index in [4.69, 9.17) is 0 Å². The van der Waals surface area contributed by atoms with Crippen LogP contribution >= 0.6 is 0 Å². The van der Waals surface area contributed by atoms with Gasteiger partial charge in [0.05, 0.1) is 12.1 Å². The van der Waals surface area contributed by atoms with Crippen molar-refractivity contribution >= 4 is 11.8 Å². The van der Waals surface area contributed by atoms with Crippen LogP contribution in [-0.4, -0.2) is 69.5 Å². The molecule has 7 heteroatoms. The van der Waals surface area contributed by atoms with E-state index in [0.29, 0.717) is 19.5 Å². The summed E-state index contributed by atoms with van der Waals surface area (Å²) >= 11 is 0. The molecule has 0 spiro atoms. The van der Waals surface area contributed by atoms with E-state index in [9.17, 15) is 14.7 Å². The second kappa shape index (κ2) is 7.79. The van der Waals surface area contributed by atoms with Crippen LogP contribution in [0.25, 0.3) is 0 Å². The maximum atomic E-state index is 12.8. The third kappa shape index (κ3) is 4.05. The lowest BCUT2D eigenvalue weighted by Gasteiger charge is -2.39. The molecule has 2 atom stereocenters. The second-order valence-electron chi connectivity index (χ2n) is 8.77. The standard InChI is InChI=1S/C21H30N4O3/c1-21(6-7-21)20(28)24-9-4-16(5-10-24)25-14-17(26)11-18(25)19(27)23-13-15-3-2-8-22-12-15/h2-3,8,12,16-18,26H,4-7,9-11,13-14H2,1H3,(H,23,27)/t17-,18+/m1/s1. The number of aliphatic hydroxyl groups excluding tert-OH is 1. The predicted octanol–water partition coefficient (Wildman–Crippen LogP) is 0.924. The van der Waals surface area contributed by atoms with Crippen LogP contribution in [0.2, 0.25) is 0 Å². The molecule has 1 aromatic heterocycles. The average molecular weight is 386 g/mol. The van der Waals surface area contributed by atoms with Crippen LogP contribution < -0.4 is 5.32 Å². The third-order valence-electron chi connectivity index (χ3n) is 6.55. The first-order chi connectivity index (χ1) is 13.5. The molecule has 0 bridgehead atoms. The Bertz CT molecular complexity index is 714. The predicted molar refractivity (Wildman–Crippen MR) is 104 cm³/mol. The Morgan fingerprint density at radius 2 is 2.07 bits per heavy atom. The number of nitrogens with one attached hydrogen (secondary N) is 1. The molecule has 152 valence electrons. The highest BCUT2D eigenvalue weighted by Crippen LogP contribution is 2.47. The molecular weight excluding hydrogens is 356 g/mol. The Morgan fingerprint density at radius 3 is 2.71 bits per heavy atom. The number of carbonyl (C=O) groups excluding carboxylic acids is 2. The van der Waals surface area contributed by atoms with Crippen molar-refractivity contribution in [3.8, 4) is 0 Å². The fourth-order valence-corrected chi connectivity index (χ4v) is 4.49. The number of amides is 2. The highest BCUT2D eigenvalue weighted by Gasteiger charge is 2.48. The maximum Gasteiger partial charge on any atom is 0.237 e. The molecular formula is C21H30N4O3. The fourth-order valence-electron chi connectivity index (χ4n) is 4.49. The highest BCUT2D eigenvalue weighted by molar-refractivity contribution is 5.85. The number of β-amino-alcohol motifs (C(OH)–C–C–N with tert-alkyl or cyclic N) is 1. The number of piperidine rings is 1. The zero-order chi connectivity index (χ0) is 19.7. The van der Waals surface area contributed by atoms with Crippen LogP contribution in [-0.2, 0) is 16.1 Å². The summed E-state index contributed by atoms with van der Waals surface area (Å²) in [5.74, 6) is 0.252. The fraction of sp³-hybridized carbons (Fsp3) is 0.667. The molecule has 3 fully saturated rings. The normalized spacial score (nSPS) is 27.6. The van der Waals surface area contributed by atoms with Gasteiger partial charge in [0.1, 0.15) is 0 Å². The Morgan fingerprint density at radius 1 is 1.32 bits per heavy atom. The molecule has 1 saturated carbocycles. The molecule has 3 heterocycles. The SMILES string of the molecule is CC1(C(=O)N2CCC(N3C[C@H](O)C[C@H]3C(=O)NCc3cccnc3)CC2)CC1. The molecule has 1 aromatic rings. The Labute approximate surface area is 166 Å². The van der Waals surface area contributed by atoms with Crippen LogP contribution in [0.15, 0.2) is 24.5 Å². The first-order valence-corrected chi connectivity index (χ1v) is 10.4. The zero-order valence-electron chi connectivity index (χ0n) is 16.5. The van der Waals surface area contributed by atoms with E-state index < -0.39 is 6.10 Å². The van der Waals surface area contributed by atoms with Gasteiger partial charge in [-0.05, 0) is 43.7 Å². The topological polar surface area (TPSA) is 85.8 Å². The highest BCUT2D eigenvalue weighted by atomic mass is 16.3. The number of hydrogen-bond acceptors (Lipinski definition) is 5.